The number of aryl methyl sites for hydroxylation is 4. The zero-order valence-electron chi connectivity index (χ0n) is 84.8. The van der Waals surface area contributed by atoms with E-state index in [2.05, 4.69) is 228 Å². The fraction of sp³-hybridized carbons (Fsp3) is 0.429. The number of ketones is 3. The highest BCUT2D eigenvalue weighted by molar-refractivity contribution is 5.99. The number of nitrogens with one attached hydrogen (secondary N) is 2. The topological polar surface area (TPSA) is 274 Å². The number of allylic oxidation sites excluding steroid dienone is 5. The number of aliphatic hydroxyl groups is 2. The monoisotopic (exact) mass is 1900 g/mol. The fourth-order valence-electron chi connectivity index (χ4n) is 27.5. The van der Waals surface area contributed by atoms with Gasteiger partial charge in [-0.3, -0.25) is 38.5 Å². The second-order valence-electron chi connectivity index (χ2n) is 43.4. The number of H-pyrrole nitrogens is 2. The molecule has 0 bridgehead atoms. The number of aliphatic hydroxyl groups excluding tert-OH is 2. The maximum Gasteiger partial charge on any atom is 0.226 e. The minimum Gasteiger partial charge on any atom is -0.524 e. The number of fused-ring (bicyclic) bond motifs is 19. The van der Waals surface area contributed by atoms with Gasteiger partial charge in [0.2, 0.25) is 11.4 Å². The maximum absolute atomic E-state index is 12.1. The van der Waals surface area contributed by atoms with Crippen LogP contribution in [0.4, 0.5) is 0 Å². The van der Waals surface area contributed by atoms with E-state index < -0.39 is 0 Å². The number of carbonyl (C=O) groups excluding carboxylic acids is 3. The molecular weight excluding hydrogens is 1770 g/mol. The number of nitrogens with zero attached hydrogens (tertiary/aromatic N) is 13. The molecule has 1 spiro atoms. The minimum atomic E-state index is -0.327. The van der Waals surface area contributed by atoms with Gasteiger partial charge in [-0.15, -0.1) is 0 Å². The van der Waals surface area contributed by atoms with Crippen molar-refractivity contribution in [2.75, 3.05) is 13.2 Å². The summed E-state index contributed by atoms with van der Waals surface area (Å²) in [5.74, 6) is 4.13. The largest absolute Gasteiger partial charge is 0.524 e. The number of hydrogen-bond acceptors (Lipinski definition) is 15. The van der Waals surface area contributed by atoms with Crippen LogP contribution < -0.4 is 0 Å². The van der Waals surface area contributed by atoms with E-state index >= 15 is 0 Å². The van der Waals surface area contributed by atoms with Gasteiger partial charge in [0.15, 0.2) is 17.4 Å². The van der Waals surface area contributed by atoms with E-state index in [-0.39, 0.29) is 67.2 Å². The van der Waals surface area contributed by atoms with Gasteiger partial charge >= 0.3 is 0 Å². The number of carbonyl (C=O) groups is 3. The fourth-order valence-corrected chi connectivity index (χ4v) is 27.5. The number of aromatic amines is 2. The molecule has 7 aromatic heterocycles. The Morgan fingerprint density at radius 2 is 0.831 bits per heavy atom. The van der Waals surface area contributed by atoms with Crippen LogP contribution in [0, 0.1) is 48.7 Å². The van der Waals surface area contributed by atoms with Crippen molar-refractivity contribution in [1.29, 1.82) is 0 Å². The maximum atomic E-state index is 12.1. The first-order valence-electron chi connectivity index (χ1n) is 51.9. The standard InChI is InChI=1S/C21H26N2O2.C20H21N3O.C20H19N3O.C19H19N3O.C19H20N2O2.C19H22N2O.CH4/c1-20-10-11-21(24-12-13-25-21)14-16(20)8-9-17-18(23(2)22-19(17)20)15-6-4-3-5-7-15;2*1-20-12-16(21-2)17(24)11-14(20)9-10-15-18(23(3)22-19(15)20)13-7-5-4-6-8-13;1-19-10-13-11-20-23-16(13)9-14(19)7-8-15-17(21-22-18(15)19)12-5-3-2-4-6-12;1-19-10-13(11-22)16(23)9-14(19)7-8-15-17(20-21-18(15)19)12-5-3-2-4-6-12;1-19-11-10-15(22)12-14(19)8-9-16-17(21(2)20-18(16)19)13-6-4-3-5-7-13;/h3-7,16H,8-14H2,1-2H3;4-8,14,24H,9-12H2,1,3H3;4-8,12,14H,9-11H2,1,3H3;2-6,11,14H,7-10H2,1H3,(H,21,22);2-6,11,14,22H,7-10H2,1H3,(H,20,21);3-7,14H,8-12H2,1-2H3;1H4/b;;;;13-11-;;/t16-,20-;2*14-,20-;3*14-,19-;/m000000./s1/i;;;;;;1T. The summed E-state index contributed by atoms with van der Waals surface area (Å²) >= 11 is 0. The molecule has 0 amide bonds. The summed E-state index contributed by atoms with van der Waals surface area (Å²) in [6.07, 6.45) is 27.5. The van der Waals surface area contributed by atoms with Crippen molar-refractivity contribution >= 4 is 17.3 Å². The molecule has 1 saturated heterocycles. The molecule has 6 aromatic carbocycles. The molecule has 13 aromatic rings. The molecular formula is C119H131N15O8. The van der Waals surface area contributed by atoms with Gasteiger partial charge in [0.05, 0.1) is 102 Å². The molecule has 142 heavy (non-hydrogen) atoms. The Bertz CT molecular complexity index is 7140. The Kier molecular flexibility index (Phi) is 25.4. The lowest BCUT2D eigenvalue weighted by molar-refractivity contribution is -0.199. The first kappa shape index (κ1) is 94.7. The molecule has 23 heteroatoms. The van der Waals surface area contributed by atoms with Gasteiger partial charge < -0.3 is 29.0 Å². The third kappa shape index (κ3) is 16.7. The van der Waals surface area contributed by atoms with Gasteiger partial charge in [0, 0.05) is 196 Å². The summed E-state index contributed by atoms with van der Waals surface area (Å²) in [7, 11) is 9.37. The molecule has 4 N–H and O–H groups in total. The van der Waals surface area contributed by atoms with Crippen LogP contribution in [0.5, 0.6) is 0 Å². The Morgan fingerprint density at radius 1 is 0.437 bits per heavy atom. The molecule has 0 radical (unpaired) electrons. The average Bonchev–Trinajstić information content (AvgIpc) is 1.57. The predicted octanol–water partition coefficient (Wildman–Crippen LogP) is 23.6. The number of benzene rings is 6. The molecule has 4 fully saturated rings. The first-order chi connectivity index (χ1) is 69.2. The van der Waals surface area contributed by atoms with Crippen LogP contribution in [0.1, 0.15) is 238 Å². The van der Waals surface area contributed by atoms with Gasteiger partial charge in [-0.25, -0.2) is 9.69 Å². The van der Waals surface area contributed by atoms with Crippen molar-refractivity contribution in [3.63, 3.8) is 0 Å². The summed E-state index contributed by atoms with van der Waals surface area (Å²) in [6.45, 7) is 29.8. The lowest BCUT2D eigenvalue weighted by Crippen LogP contribution is -2.49. The molecule has 13 aliphatic rings. The second-order valence-corrected chi connectivity index (χ2v) is 43.4. The van der Waals surface area contributed by atoms with Crippen molar-refractivity contribution in [3.8, 4) is 67.5 Å². The van der Waals surface area contributed by atoms with E-state index in [0.29, 0.717) is 85.2 Å². The van der Waals surface area contributed by atoms with Crippen LogP contribution in [-0.4, -0.2) is 111 Å². The number of rotatable bonds is 6. The quantitative estimate of drug-likeness (QED) is 0.0684. The number of ether oxygens (including phenoxy) is 2. The van der Waals surface area contributed by atoms with Crippen LogP contribution in [0.15, 0.2) is 228 Å². The molecule has 1 aliphatic heterocycles. The van der Waals surface area contributed by atoms with E-state index in [1.54, 1.807) is 0 Å². The van der Waals surface area contributed by atoms with Crippen molar-refractivity contribution in [2.24, 2.45) is 63.7 Å². The highest BCUT2D eigenvalue weighted by Crippen LogP contribution is 2.60. The van der Waals surface area contributed by atoms with Gasteiger partial charge in [-0.1, -0.05) is 242 Å². The van der Waals surface area contributed by atoms with Gasteiger partial charge in [-0.05, 0) is 151 Å². The zero-order chi connectivity index (χ0) is 99.7. The van der Waals surface area contributed by atoms with Gasteiger partial charge in [0.1, 0.15) is 11.5 Å². The molecule has 12 atom stereocenters. The third-order valence-corrected chi connectivity index (χ3v) is 35.4. The van der Waals surface area contributed by atoms with E-state index in [9.17, 15) is 24.6 Å². The van der Waals surface area contributed by atoms with Crippen LogP contribution in [0.2, 0.25) is 0 Å². The Labute approximate surface area is 834 Å². The molecule has 12 aliphatic carbocycles. The molecule has 8 heterocycles. The third-order valence-electron chi connectivity index (χ3n) is 35.4. The van der Waals surface area contributed by atoms with Gasteiger partial charge in [0.25, 0.3) is 0 Å². The number of hydrogen-bond donors (Lipinski definition) is 4. The van der Waals surface area contributed by atoms with Crippen LogP contribution in [0.25, 0.3) is 77.2 Å². The Hall–Kier alpha value is -13.5. The lowest BCUT2D eigenvalue weighted by Gasteiger charge is -2.49. The van der Waals surface area contributed by atoms with Crippen molar-refractivity contribution in [2.45, 2.75) is 248 Å². The first-order valence-corrected chi connectivity index (χ1v) is 50.9. The van der Waals surface area contributed by atoms with Crippen molar-refractivity contribution in [3.05, 3.63) is 325 Å². The molecule has 0 unspecified atom stereocenters. The van der Waals surface area contributed by atoms with Crippen molar-refractivity contribution < 1.29 is 40.0 Å². The summed E-state index contributed by atoms with van der Waals surface area (Å²) in [5.41, 5.74) is 31.7. The summed E-state index contributed by atoms with van der Waals surface area (Å²) in [4.78, 5) is 43.1. The van der Waals surface area contributed by atoms with Gasteiger partial charge in [-0.2, -0.15) is 30.6 Å². The normalized spacial score (nSPS) is 27.0. The molecule has 26 rings (SSSR count). The summed E-state index contributed by atoms with van der Waals surface area (Å²) in [6, 6.07) is 62.6. The second kappa shape index (κ2) is 38.1. The van der Waals surface area contributed by atoms with E-state index in [1.807, 2.05) is 89.9 Å². The lowest BCUT2D eigenvalue weighted by atomic mass is 9.58. The highest BCUT2D eigenvalue weighted by atomic mass is 16.7. The van der Waals surface area contributed by atoms with E-state index in [4.69, 9.17) is 48.9 Å². The highest BCUT2D eigenvalue weighted by Gasteiger charge is 2.57. The van der Waals surface area contributed by atoms with Crippen molar-refractivity contribution in [1.82, 2.24) is 64.7 Å². The number of aromatic nitrogens is 13. The number of Topliss-reactive ketones (excluding diaryl/α,β-unsaturated/α-hetero) is 3. The smallest absolute Gasteiger partial charge is 0.226 e. The molecule has 730 valence electrons. The summed E-state index contributed by atoms with van der Waals surface area (Å²) < 4.78 is 31.3. The Balaban J connectivity index is 0.000000105. The molecule has 3 saturated carbocycles. The minimum absolute atomic E-state index is 0.0184. The molecule has 23 nitrogen and oxygen atoms in total. The SMILES string of the molecule is C[C@]12C/C(=C/O)C(=O)C[C@@H]1CCc1c(-c3ccccc3)n[nH]c12.C[C@]12Cc3cnoc3C[C@@H]1CCc1c(-c3ccccc3)n[nH]c12.Cn1nc2c(c1-c1ccccc1)CC[C@H]1CC(=O)CC[C@]21C.Cn1nc2c(c1-c1ccccc1)CC[C@H]1CC3(CC[C@]21C)OCCO3.[3H]C.[C-]#[N+]C1=C(O)C[C@@H]2CCc3c(nn(C)c3-c3ccccc3)[C@@]2(C)C1.[C-]#[N+]C1=C[C@]2(C)c3nn(C)c(-c4ccccc4)c3CC[C@H]2CC1=O. The van der Waals surface area contributed by atoms with E-state index in [0.717, 1.165) is 180 Å². The predicted molar refractivity (Wildman–Crippen MR) is 550 cm³/mol. The van der Waals surface area contributed by atoms with Crippen LogP contribution >= 0.6 is 0 Å². The van der Waals surface area contributed by atoms with Crippen LogP contribution in [0.3, 0.4) is 0 Å². The average molecular weight is 1900 g/mol. The Morgan fingerprint density at radius 3 is 1.30 bits per heavy atom. The summed E-state index contributed by atoms with van der Waals surface area (Å²) in [5, 5.41) is 59.1. The van der Waals surface area contributed by atoms with E-state index in [1.165, 1.54) is 116 Å². The zero-order valence-corrected chi connectivity index (χ0v) is 83.8. The van der Waals surface area contributed by atoms with Crippen LogP contribution in [-0.2, 0) is 136 Å².